The number of ether oxygens (including phenoxy) is 3. The third-order valence-corrected chi connectivity index (χ3v) is 4.35. The van der Waals surface area contributed by atoms with Crippen LogP contribution in [0.15, 0.2) is 30.3 Å². The van der Waals surface area contributed by atoms with Gasteiger partial charge in [0.2, 0.25) is 0 Å². The second kappa shape index (κ2) is 7.19. The van der Waals surface area contributed by atoms with E-state index in [2.05, 4.69) is 5.32 Å². The Kier molecular flexibility index (Phi) is 4.99. The van der Waals surface area contributed by atoms with Crippen molar-refractivity contribution in [2.45, 2.75) is 12.5 Å². The Morgan fingerprint density at radius 1 is 1.28 bits per heavy atom. The van der Waals surface area contributed by atoms with Crippen molar-refractivity contribution in [3.8, 4) is 17.2 Å². The van der Waals surface area contributed by atoms with E-state index >= 15 is 0 Å². The van der Waals surface area contributed by atoms with Gasteiger partial charge >= 0.3 is 0 Å². The summed E-state index contributed by atoms with van der Waals surface area (Å²) in [4.78, 5) is 12.7. The highest BCUT2D eigenvalue weighted by molar-refractivity contribution is 6.32. The molecule has 7 heteroatoms. The molecule has 132 valence electrons. The van der Waals surface area contributed by atoms with Crippen LogP contribution in [0.5, 0.6) is 17.2 Å². The maximum atomic E-state index is 14.3. The number of methoxy groups -OCH3 is 2. The first-order chi connectivity index (χ1) is 12.1. The fraction of sp³-hybridized carbons (Fsp3) is 0.278. The summed E-state index contributed by atoms with van der Waals surface area (Å²) in [5.41, 5.74) is 0.561. The van der Waals surface area contributed by atoms with Gasteiger partial charge in [-0.05, 0) is 18.2 Å². The first kappa shape index (κ1) is 17.4. The maximum Gasteiger partial charge on any atom is 0.258 e. The molecule has 1 aliphatic rings. The molecule has 1 amide bonds. The number of benzene rings is 2. The Labute approximate surface area is 149 Å². The maximum absolute atomic E-state index is 14.3. The number of nitrogens with one attached hydrogen (secondary N) is 1. The van der Waals surface area contributed by atoms with E-state index in [9.17, 15) is 9.18 Å². The van der Waals surface area contributed by atoms with Crippen LogP contribution < -0.4 is 19.5 Å². The number of carbonyl (C=O) groups excluding carboxylic acids is 1. The molecular weight excluding hydrogens is 349 g/mol. The topological polar surface area (TPSA) is 56.8 Å². The zero-order valence-corrected chi connectivity index (χ0v) is 14.5. The molecule has 1 aliphatic heterocycles. The smallest absolute Gasteiger partial charge is 0.258 e. The average molecular weight is 366 g/mol. The van der Waals surface area contributed by atoms with Crippen molar-refractivity contribution in [1.29, 1.82) is 0 Å². The normalized spacial score (nSPS) is 15.8. The predicted octanol–water partition coefficient (Wildman–Crippen LogP) is 3.75. The minimum Gasteiger partial charge on any atom is -0.493 e. The van der Waals surface area contributed by atoms with Crippen LogP contribution in [-0.2, 0) is 0 Å². The summed E-state index contributed by atoms with van der Waals surface area (Å²) in [7, 11) is 2.78. The molecule has 0 saturated heterocycles. The highest BCUT2D eigenvalue weighted by atomic mass is 35.5. The van der Waals surface area contributed by atoms with Crippen LogP contribution in [0, 0.1) is 5.82 Å². The molecule has 1 heterocycles. The van der Waals surface area contributed by atoms with Gasteiger partial charge in [-0.25, -0.2) is 4.39 Å². The summed E-state index contributed by atoms with van der Waals surface area (Å²) in [5, 5.41) is 3.31. The highest BCUT2D eigenvalue weighted by Crippen LogP contribution is 2.38. The standard InChI is InChI=1S/C18H17ClFNO4/c1-23-14-7-6-12(20)15(17(14)24-2)18(22)21-13-8-9-25-16-10(13)4-3-5-11(16)19/h3-7,13H,8-9H2,1-2H3,(H,21,22). The first-order valence-electron chi connectivity index (χ1n) is 7.69. The van der Waals surface area contributed by atoms with Crippen LogP contribution in [0.1, 0.15) is 28.4 Å². The van der Waals surface area contributed by atoms with Crippen molar-refractivity contribution in [3.63, 3.8) is 0 Å². The minimum absolute atomic E-state index is 0.0541. The molecule has 5 nitrogen and oxygen atoms in total. The molecule has 0 saturated carbocycles. The van der Waals surface area contributed by atoms with Gasteiger partial charge in [-0.1, -0.05) is 23.7 Å². The van der Waals surface area contributed by atoms with Gasteiger partial charge in [-0.3, -0.25) is 4.79 Å². The van der Waals surface area contributed by atoms with Gasteiger partial charge in [0.1, 0.15) is 17.1 Å². The van der Waals surface area contributed by atoms with Crippen LogP contribution in [0.3, 0.4) is 0 Å². The zero-order valence-electron chi connectivity index (χ0n) is 13.8. The summed E-state index contributed by atoms with van der Waals surface area (Å²) < 4.78 is 30.2. The number of para-hydroxylation sites is 1. The molecule has 2 aromatic carbocycles. The van der Waals surface area contributed by atoms with Crippen LogP contribution >= 0.6 is 11.6 Å². The van der Waals surface area contributed by atoms with Crippen molar-refractivity contribution < 1.29 is 23.4 Å². The van der Waals surface area contributed by atoms with Gasteiger partial charge in [0, 0.05) is 12.0 Å². The van der Waals surface area contributed by atoms with E-state index in [1.54, 1.807) is 12.1 Å². The molecule has 1 N–H and O–H groups in total. The zero-order chi connectivity index (χ0) is 18.0. The quantitative estimate of drug-likeness (QED) is 0.896. The lowest BCUT2D eigenvalue weighted by Crippen LogP contribution is -2.33. The second-order valence-corrected chi connectivity index (χ2v) is 5.89. The summed E-state index contributed by atoms with van der Waals surface area (Å²) in [6.07, 6.45) is 0.549. The van der Waals surface area contributed by atoms with Gasteiger partial charge in [0.05, 0.1) is 31.9 Å². The Hall–Kier alpha value is -2.47. The number of amides is 1. The molecule has 0 fully saturated rings. The van der Waals surface area contributed by atoms with E-state index in [-0.39, 0.29) is 23.1 Å². The van der Waals surface area contributed by atoms with Gasteiger partial charge in [-0.2, -0.15) is 0 Å². The molecule has 1 unspecified atom stereocenters. The lowest BCUT2D eigenvalue weighted by atomic mass is 10.00. The molecule has 0 spiro atoms. The van der Waals surface area contributed by atoms with Gasteiger partial charge in [0.25, 0.3) is 5.91 Å². The molecule has 3 rings (SSSR count). The Bertz CT molecular complexity index is 812. The van der Waals surface area contributed by atoms with Crippen molar-refractivity contribution in [2.75, 3.05) is 20.8 Å². The van der Waals surface area contributed by atoms with Crippen molar-refractivity contribution in [1.82, 2.24) is 5.32 Å². The van der Waals surface area contributed by atoms with Gasteiger partial charge in [0.15, 0.2) is 11.5 Å². The highest BCUT2D eigenvalue weighted by Gasteiger charge is 2.28. The fourth-order valence-electron chi connectivity index (χ4n) is 2.88. The number of halogens is 2. The summed E-state index contributed by atoms with van der Waals surface area (Å²) in [6.45, 7) is 0.402. The van der Waals surface area contributed by atoms with E-state index in [4.69, 9.17) is 25.8 Å². The third kappa shape index (κ3) is 3.22. The lowest BCUT2D eigenvalue weighted by molar-refractivity contribution is 0.0916. The SMILES string of the molecule is COc1ccc(F)c(C(=O)NC2CCOc3c(Cl)cccc32)c1OC. The first-order valence-corrected chi connectivity index (χ1v) is 8.07. The summed E-state index contributed by atoms with van der Waals surface area (Å²) in [5.74, 6) is -0.402. The van der Waals surface area contributed by atoms with Crippen molar-refractivity contribution >= 4 is 17.5 Å². The number of carbonyl (C=O) groups is 1. The van der Waals surface area contributed by atoms with E-state index in [1.165, 1.54) is 26.4 Å². The molecule has 0 radical (unpaired) electrons. The lowest BCUT2D eigenvalue weighted by Gasteiger charge is -2.27. The van der Waals surface area contributed by atoms with Crippen molar-refractivity contribution in [2.24, 2.45) is 0 Å². The molecule has 1 atom stereocenters. The monoisotopic (exact) mass is 365 g/mol. The molecule has 2 aromatic rings. The number of hydrogen-bond acceptors (Lipinski definition) is 4. The minimum atomic E-state index is -0.687. The van der Waals surface area contributed by atoms with Gasteiger partial charge < -0.3 is 19.5 Å². The third-order valence-electron chi connectivity index (χ3n) is 4.05. The van der Waals surface area contributed by atoms with Gasteiger partial charge in [-0.15, -0.1) is 0 Å². The molecule has 0 aliphatic carbocycles. The van der Waals surface area contributed by atoms with Crippen LogP contribution in [0.25, 0.3) is 0 Å². The van der Waals surface area contributed by atoms with Crippen molar-refractivity contribution in [3.05, 3.63) is 52.3 Å². The van der Waals surface area contributed by atoms with E-state index in [1.807, 2.05) is 6.07 Å². The van der Waals surface area contributed by atoms with E-state index < -0.39 is 11.7 Å². The summed E-state index contributed by atoms with van der Waals surface area (Å²) >= 11 is 6.14. The fourth-order valence-corrected chi connectivity index (χ4v) is 3.12. The predicted molar refractivity (Wildman–Crippen MR) is 91.3 cm³/mol. The summed E-state index contributed by atoms with van der Waals surface area (Å²) in [6, 6.07) is 7.56. The Morgan fingerprint density at radius 2 is 2.08 bits per heavy atom. The van der Waals surface area contributed by atoms with E-state index in [0.717, 1.165) is 5.56 Å². The van der Waals surface area contributed by atoms with Crippen LogP contribution in [0.4, 0.5) is 4.39 Å². The number of rotatable bonds is 4. The number of fused-ring (bicyclic) bond motifs is 1. The molecule has 25 heavy (non-hydrogen) atoms. The average Bonchev–Trinajstić information content (AvgIpc) is 2.62. The number of hydrogen-bond donors (Lipinski definition) is 1. The molecular formula is C18H17ClFNO4. The Morgan fingerprint density at radius 3 is 2.80 bits per heavy atom. The van der Waals surface area contributed by atoms with Crippen LogP contribution in [0.2, 0.25) is 5.02 Å². The van der Waals surface area contributed by atoms with E-state index in [0.29, 0.717) is 23.8 Å². The molecule has 0 aromatic heterocycles. The second-order valence-electron chi connectivity index (χ2n) is 5.48. The van der Waals surface area contributed by atoms with Crippen LogP contribution in [-0.4, -0.2) is 26.7 Å². The Balaban J connectivity index is 1.94. The molecule has 0 bridgehead atoms. The largest absolute Gasteiger partial charge is 0.493 e.